The second-order valence-corrected chi connectivity index (χ2v) is 9.84. The van der Waals surface area contributed by atoms with Crippen LogP contribution in [0.1, 0.15) is 51.1 Å². The number of rotatable bonds is 11. The van der Waals surface area contributed by atoms with Crippen LogP contribution >= 0.6 is 11.6 Å². The number of unbranched alkanes of at least 4 members (excludes halogenated alkanes) is 2. The average molecular weight is 553 g/mol. The van der Waals surface area contributed by atoms with E-state index in [9.17, 15) is 9.59 Å². The zero-order valence-electron chi connectivity index (χ0n) is 22.4. The number of ether oxygens (including phenoxy) is 2. The van der Waals surface area contributed by atoms with Crippen molar-refractivity contribution in [3.05, 3.63) is 47.2 Å². The summed E-state index contributed by atoms with van der Waals surface area (Å²) in [6.07, 6.45) is 8.86. The topological polar surface area (TPSA) is 113 Å². The third kappa shape index (κ3) is 6.04. The predicted molar refractivity (Wildman–Crippen MR) is 149 cm³/mol. The van der Waals surface area contributed by atoms with Crippen LogP contribution in [0.3, 0.4) is 0 Å². The van der Waals surface area contributed by atoms with Gasteiger partial charge >= 0.3 is 6.03 Å². The number of anilines is 1. The van der Waals surface area contributed by atoms with Crippen LogP contribution < -0.4 is 19.7 Å². The maximum Gasteiger partial charge on any atom is 0.324 e. The van der Waals surface area contributed by atoms with Crippen LogP contribution in [0.25, 0.3) is 11.0 Å². The van der Waals surface area contributed by atoms with Gasteiger partial charge in [0.25, 0.3) is 5.91 Å². The molecular weight excluding hydrogens is 520 g/mol. The van der Waals surface area contributed by atoms with Crippen molar-refractivity contribution in [1.29, 1.82) is 5.26 Å². The molecule has 1 aromatic carbocycles. The lowest BCUT2D eigenvalue weighted by molar-refractivity contribution is -0.122. The molecule has 39 heavy (non-hydrogen) atoms. The van der Waals surface area contributed by atoms with E-state index in [1.807, 2.05) is 24.3 Å². The molecule has 3 heterocycles. The Morgan fingerprint density at radius 3 is 2.82 bits per heavy atom. The van der Waals surface area contributed by atoms with Crippen molar-refractivity contribution in [2.24, 2.45) is 0 Å². The first-order chi connectivity index (χ1) is 18.9. The van der Waals surface area contributed by atoms with Crippen molar-refractivity contribution in [3.8, 4) is 17.7 Å². The number of carbonyl (C=O) groups excluding carboxylic acids is 2. The largest absolute Gasteiger partial charge is 0.493 e. The van der Waals surface area contributed by atoms with Gasteiger partial charge in [0.2, 0.25) is 0 Å². The highest BCUT2D eigenvalue weighted by Crippen LogP contribution is 2.35. The Kier molecular flexibility index (Phi) is 9.15. The Morgan fingerprint density at radius 2 is 2.08 bits per heavy atom. The summed E-state index contributed by atoms with van der Waals surface area (Å²) in [5.74, 6) is 0.787. The number of nitrogens with one attached hydrogen (secondary N) is 1. The van der Waals surface area contributed by atoms with E-state index in [1.165, 1.54) is 0 Å². The molecule has 0 saturated carbocycles. The summed E-state index contributed by atoms with van der Waals surface area (Å²) in [6, 6.07) is 6.58. The minimum absolute atomic E-state index is 0.120. The lowest BCUT2D eigenvalue weighted by Gasteiger charge is -2.36. The van der Waals surface area contributed by atoms with E-state index in [1.54, 1.807) is 47.0 Å². The van der Waals surface area contributed by atoms with Gasteiger partial charge in [-0.05, 0) is 43.5 Å². The molecule has 0 aliphatic carbocycles. The van der Waals surface area contributed by atoms with Crippen molar-refractivity contribution in [2.45, 2.75) is 52.1 Å². The van der Waals surface area contributed by atoms with Gasteiger partial charge in [0.05, 0.1) is 18.7 Å². The van der Waals surface area contributed by atoms with Crippen molar-refractivity contribution in [1.82, 2.24) is 19.8 Å². The molecule has 3 aromatic rings. The SMILES string of the molecule is CCCCCOc1cc(N2CCCN(Cc3ccnc4c3c(Cl)cn4C(C)C(=O)NC#N)C2=O)ccc1OC. The van der Waals surface area contributed by atoms with Gasteiger partial charge in [0, 0.05) is 49.2 Å². The molecule has 11 heteroatoms. The van der Waals surface area contributed by atoms with E-state index < -0.39 is 11.9 Å². The zero-order chi connectivity index (χ0) is 27.9. The van der Waals surface area contributed by atoms with Gasteiger partial charge in [-0.15, -0.1) is 0 Å². The zero-order valence-corrected chi connectivity index (χ0v) is 23.2. The molecule has 206 valence electrons. The molecule has 0 bridgehead atoms. The second-order valence-electron chi connectivity index (χ2n) is 9.43. The third-order valence-electron chi connectivity index (χ3n) is 6.87. The Bertz CT molecular complexity index is 1380. The standard InChI is InChI=1S/C28H33ClN6O4/c1-4-5-6-14-39-24-15-21(8-9-23(24)38-3)34-13-7-12-33(28(34)37)16-20-10-11-31-26-25(20)22(29)17-35(26)19(2)27(36)32-18-30/h8-11,15,17,19H,4-7,12-14,16H2,1-3H3,(H,32,36). The molecule has 3 amide bonds. The van der Waals surface area contributed by atoms with E-state index in [2.05, 4.69) is 17.2 Å². The van der Waals surface area contributed by atoms with Gasteiger partial charge in [-0.2, -0.15) is 5.26 Å². The average Bonchev–Trinajstić information content (AvgIpc) is 3.29. The molecule has 2 aromatic heterocycles. The number of halogens is 1. The highest BCUT2D eigenvalue weighted by atomic mass is 35.5. The van der Waals surface area contributed by atoms with Gasteiger partial charge in [0.1, 0.15) is 11.7 Å². The van der Waals surface area contributed by atoms with Crippen LogP contribution in [0, 0.1) is 11.5 Å². The first-order valence-corrected chi connectivity index (χ1v) is 13.5. The maximum atomic E-state index is 13.6. The first-order valence-electron chi connectivity index (χ1n) is 13.1. The second kappa shape index (κ2) is 12.7. The highest BCUT2D eigenvalue weighted by molar-refractivity contribution is 6.35. The Morgan fingerprint density at radius 1 is 1.26 bits per heavy atom. The summed E-state index contributed by atoms with van der Waals surface area (Å²) in [4.78, 5) is 33.9. The molecule has 1 saturated heterocycles. The molecule has 1 N–H and O–H groups in total. The highest BCUT2D eigenvalue weighted by Gasteiger charge is 2.29. The molecule has 1 aliphatic rings. The number of hydrogen-bond acceptors (Lipinski definition) is 6. The quantitative estimate of drug-likeness (QED) is 0.197. The summed E-state index contributed by atoms with van der Waals surface area (Å²) in [6.45, 7) is 5.90. The predicted octanol–water partition coefficient (Wildman–Crippen LogP) is 5.26. The summed E-state index contributed by atoms with van der Waals surface area (Å²) < 4.78 is 13.1. The first kappa shape index (κ1) is 28.0. The number of benzene rings is 1. The minimum atomic E-state index is -0.692. The fraction of sp³-hybridized carbons (Fsp3) is 0.429. The number of carbonyl (C=O) groups is 2. The van der Waals surface area contributed by atoms with Gasteiger partial charge in [-0.25, -0.2) is 9.78 Å². The minimum Gasteiger partial charge on any atom is -0.493 e. The van der Waals surface area contributed by atoms with Crippen LogP contribution in [0.4, 0.5) is 10.5 Å². The number of nitriles is 1. The van der Waals surface area contributed by atoms with E-state index in [-0.39, 0.29) is 6.03 Å². The molecule has 1 aliphatic heterocycles. The number of methoxy groups -OCH3 is 1. The van der Waals surface area contributed by atoms with Crippen LogP contribution in [-0.4, -0.2) is 53.2 Å². The molecular formula is C28H33ClN6O4. The lowest BCUT2D eigenvalue weighted by Crippen LogP contribution is -2.49. The van der Waals surface area contributed by atoms with Crippen LogP contribution in [0.2, 0.25) is 5.02 Å². The van der Waals surface area contributed by atoms with Crippen LogP contribution in [-0.2, 0) is 11.3 Å². The summed E-state index contributed by atoms with van der Waals surface area (Å²) >= 11 is 6.60. The smallest absolute Gasteiger partial charge is 0.324 e. The Balaban J connectivity index is 1.57. The summed E-state index contributed by atoms with van der Waals surface area (Å²) in [5.41, 5.74) is 2.08. The number of fused-ring (bicyclic) bond motifs is 1. The molecule has 1 fully saturated rings. The van der Waals surface area contributed by atoms with Gasteiger partial charge in [0.15, 0.2) is 17.7 Å². The van der Waals surface area contributed by atoms with Crippen LogP contribution in [0.5, 0.6) is 11.5 Å². The van der Waals surface area contributed by atoms with Gasteiger partial charge in [-0.3, -0.25) is 15.0 Å². The lowest BCUT2D eigenvalue weighted by atomic mass is 10.1. The number of urea groups is 1. The van der Waals surface area contributed by atoms with E-state index in [4.69, 9.17) is 26.3 Å². The van der Waals surface area contributed by atoms with Crippen molar-refractivity contribution in [2.75, 3.05) is 31.7 Å². The van der Waals surface area contributed by atoms with E-state index >= 15 is 0 Å². The number of hydrogen-bond donors (Lipinski definition) is 1. The number of amides is 3. The number of nitrogens with zero attached hydrogens (tertiary/aromatic N) is 5. The number of pyridine rings is 1. The fourth-order valence-corrected chi connectivity index (χ4v) is 5.07. The normalized spacial score (nSPS) is 14.3. The maximum absolute atomic E-state index is 13.6. The summed E-state index contributed by atoms with van der Waals surface area (Å²) in [7, 11) is 1.60. The Hall–Kier alpha value is -3.97. The third-order valence-corrected chi connectivity index (χ3v) is 7.15. The van der Waals surface area contributed by atoms with Crippen LogP contribution in [0.15, 0.2) is 36.7 Å². The van der Waals surface area contributed by atoms with Crippen molar-refractivity contribution in [3.63, 3.8) is 0 Å². The molecule has 10 nitrogen and oxygen atoms in total. The van der Waals surface area contributed by atoms with E-state index in [0.29, 0.717) is 53.8 Å². The Labute approximate surface area is 233 Å². The van der Waals surface area contributed by atoms with E-state index in [0.717, 1.165) is 36.9 Å². The van der Waals surface area contributed by atoms with Gasteiger partial charge in [-0.1, -0.05) is 31.4 Å². The van der Waals surface area contributed by atoms with Crippen molar-refractivity contribution < 1.29 is 19.1 Å². The monoisotopic (exact) mass is 552 g/mol. The summed E-state index contributed by atoms with van der Waals surface area (Å²) in [5, 5.41) is 12.1. The van der Waals surface area contributed by atoms with Gasteiger partial charge < -0.3 is 18.9 Å². The molecule has 0 spiro atoms. The number of aromatic nitrogens is 2. The fourth-order valence-electron chi connectivity index (χ4n) is 4.76. The molecule has 1 unspecified atom stereocenters. The molecule has 1 atom stereocenters. The molecule has 0 radical (unpaired) electrons. The van der Waals surface area contributed by atoms with Crippen molar-refractivity contribution >= 4 is 40.3 Å². The molecule has 4 rings (SSSR count).